The molecule has 0 fully saturated rings. The number of hydrogen-bond acceptors (Lipinski definition) is 1. The summed E-state index contributed by atoms with van der Waals surface area (Å²) in [6, 6.07) is 7.28. The highest BCUT2D eigenvalue weighted by molar-refractivity contribution is 9.10. The molecule has 0 amide bonds. The SMILES string of the molecule is Cl.NC(N)=NC(N)=Nc1ccc(Br)cc1.O. The van der Waals surface area contributed by atoms with Crippen molar-refractivity contribution >= 4 is 45.9 Å². The van der Waals surface area contributed by atoms with Crippen LogP contribution in [0.4, 0.5) is 5.69 Å². The zero-order chi connectivity index (χ0) is 10.6. The third-order valence-corrected chi connectivity index (χ3v) is 1.84. The number of nitrogens with two attached hydrogens (primary N) is 3. The lowest BCUT2D eigenvalue weighted by molar-refractivity contribution is 0.824. The van der Waals surface area contributed by atoms with Gasteiger partial charge < -0.3 is 22.7 Å². The van der Waals surface area contributed by atoms with E-state index in [-0.39, 0.29) is 29.8 Å². The Balaban J connectivity index is 0. The standard InChI is InChI=1S/C8H10BrN5.ClH.H2O/c9-5-1-3-6(4-2-5)13-8(12)14-7(10)11;;/h1-4H,(H6,10,11,12,13,14);1H;1H2. The lowest BCUT2D eigenvalue weighted by Crippen LogP contribution is -2.26. The van der Waals surface area contributed by atoms with Crippen LogP contribution in [0, 0.1) is 0 Å². The van der Waals surface area contributed by atoms with Gasteiger partial charge in [-0.2, -0.15) is 4.99 Å². The van der Waals surface area contributed by atoms with E-state index in [9.17, 15) is 0 Å². The fourth-order valence-corrected chi connectivity index (χ4v) is 1.07. The number of guanidine groups is 2. The minimum Gasteiger partial charge on any atom is -0.412 e. The van der Waals surface area contributed by atoms with E-state index in [2.05, 4.69) is 25.9 Å². The van der Waals surface area contributed by atoms with Crippen LogP contribution in [-0.2, 0) is 0 Å². The number of aliphatic imine (C=N–C) groups is 2. The highest BCUT2D eigenvalue weighted by Gasteiger charge is 1.92. The van der Waals surface area contributed by atoms with Crippen LogP contribution in [0.5, 0.6) is 0 Å². The third kappa shape index (κ3) is 6.23. The molecule has 0 aliphatic carbocycles. The normalized spacial score (nSPS) is 9.69. The number of halogens is 2. The summed E-state index contributed by atoms with van der Waals surface area (Å²) >= 11 is 3.30. The van der Waals surface area contributed by atoms with Crippen molar-refractivity contribution in [1.29, 1.82) is 0 Å². The number of rotatable bonds is 1. The van der Waals surface area contributed by atoms with Crippen molar-refractivity contribution in [2.24, 2.45) is 27.2 Å². The van der Waals surface area contributed by atoms with E-state index in [1.165, 1.54) is 0 Å². The monoisotopic (exact) mass is 309 g/mol. The summed E-state index contributed by atoms with van der Waals surface area (Å²) < 4.78 is 0.969. The van der Waals surface area contributed by atoms with Gasteiger partial charge in [0.2, 0.25) is 5.96 Å². The molecule has 1 rings (SSSR count). The Kier molecular flexibility index (Phi) is 8.46. The maximum atomic E-state index is 5.44. The quantitative estimate of drug-likeness (QED) is 0.507. The molecule has 8 heteroatoms. The van der Waals surface area contributed by atoms with Gasteiger partial charge in [-0.05, 0) is 24.3 Å². The molecule has 8 N–H and O–H groups in total. The summed E-state index contributed by atoms with van der Waals surface area (Å²) in [5.74, 6) is -0.0734. The first kappa shape index (κ1) is 17.1. The van der Waals surface area contributed by atoms with Crippen LogP contribution < -0.4 is 17.2 Å². The van der Waals surface area contributed by atoms with Gasteiger partial charge in [-0.25, -0.2) is 4.99 Å². The molecule has 1 aromatic rings. The van der Waals surface area contributed by atoms with Crippen LogP contribution in [0.15, 0.2) is 38.7 Å². The third-order valence-electron chi connectivity index (χ3n) is 1.31. The second-order valence-corrected chi connectivity index (χ2v) is 3.40. The van der Waals surface area contributed by atoms with Crippen molar-refractivity contribution < 1.29 is 5.48 Å². The maximum Gasteiger partial charge on any atom is 0.223 e. The zero-order valence-electron chi connectivity index (χ0n) is 8.22. The molecule has 0 heterocycles. The van der Waals surface area contributed by atoms with Gasteiger partial charge in [0.1, 0.15) is 0 Å². The van der Waals surface area contributed by atoms with E-state index in [0.29, 0.717) is 5.69 Å². The first-order valence-electron chi connectivity index (χ1n) is 3.77. The Morgan fingerprint density at radius 1 is 1.06 bits per heavy atom. The fraction of sp³-hybridized carbons (Fsp3) is 0. The molecular weight excluding hydrogens is 297 g/mol. The minimum atomic E-state index is -0.108. The number of benzene rings is 1. The molecule has 0 bridgehead atoms. The Labute approximate surface area is 107 Å². The highest BCUT2D eigenvalue weighted by atomic mass is 79.9. The Morgan fingerprint density at radius 3 is 2.00 bits per heavy atom. The number of hydrogen-bond donors (Lipinski definition) is 3. The lowest BCUT2D eigenvalue weighted by atomic mass is 10.3. The van der Waals surface area contributed by atoms with Gasteiger partial charge >= 0.3 is 0 Å². The lowest BCUT2D eigenvalue weighted by Gasteiger charge is -1.95. The van der Waals surface area contributed by atoms with Gasteiger partial charge in [-0.3, -0.25) is 0 Å². The molecule has 0 unspecified atom stereocenters. The predicted octanol–water partition coefficient (Wildman–Crippen LogP) is 0.266. The van der Waals surface area contributed by atoms with Gasteiger partial charge in [-0.15, -0.1) is 12.4 Å². The van der Waals surface area contributed by atoms with E-state index < -0.39 is 0 Å². The summed E-state index contributed by atoms with van der Waals surface area (Å²) in [7, 11) is 0. The van der Waals surface area contributed by atoms with E-state index in [4.69, 9.17) is 17.2 Å². The van der Waals surface area contributed by atoms with Crippen molar-refractivity contribution in [1.82, 2.24) is 0 Å². The van der Waals surface area contributed by atoms with Crippen LogP contribution in [0.3, 0.4) is 0 Å². The van der Waals surface area contributed by atoms with Crippen molar-refractivity contribution in [3.8, 4) is 0 Å². The van der Waals surface area contributed by atoms with Gasteiger partial charge in [0.05, 0.1) is 5.69 Å². The molecule has 0 aliphatic rings. The Hall–Kier alpha value is -1.31. The summed E-state index contributed by atoms with van der Waals surface area (Å²) in [6.07, 6.45) is 0. The molecule has 90 valence electrons. The smallest absolute Gasteiger partial charge is 0.223 e. The van der Waals surface area contributed by atoms with Gasteiger partial charge in [0.15, 0.2) is 5.96 Å². The summed E-state index contributed by atoms with van der Waals surface area (Å²) in [6.45, 7) is 0. The topological polar surface area (TPSA) is 134 Å². The molecule has 0 radical (unpaired) electrons. The molecule has 0 atom stereocenters. The van der Waals surface area contributed by atoms with Crippen LogP contribution in [0.1, 0.15) is 0 Å². The Morgan fingerprint density at radius 2 is 1.56 bits per heavy atom. The summed E-state index contributed by atoms with van der Waals surface area (Å²) in [4.78, 5) is 7.55. The van der Waals surface area contributed by atoms with Gasteiger partial charge in [-0.1, -0.05) is 15.9 Å². The maximum absolute atomic E-state index is 5.44. The van der Waals surface area contributed by atoms with Crippen LogP contribution in [0.2, 0.25) is 0 Å². The van der Waals surface area contributed by atoms with Gasteiger partial charge in [0.25, 0.3) is 0 Å². The second kappa shape index (κ2) is 7.91. The molecule has 0 spiro atoms. The second-order valence-electron chi connectivity index (χ2n) is 2.48. The van der Waals surface area contributed by atoms with Crippen LogP contribution >= 0.6 is 28.3 Å². The van der Waals surface area contributed by atoms with E-state index in [1.54, 1.807) is 12.1 Å². The summed E-state index contributed by atoms with van der Waals surface area (Å²) in [5.41, 5.74) is 16.4. The summed E-state index contributed by atoms with van der Waals surface area (Å²) in [5, 5.41) is 0. The van der Waals surface area contributed by atoms with Crippen molar-refractivity contribution in [3.05, 3.63) is 28.7 Å². The Bertz CT molecular complexity index is 375. The average molecular weight is 311 g/mol. The predicted molar refractivity (Wildman–Crippen MR) is 72.1 cm³/mol. The molecule has 0 aliphatic heterocycles. The first-order chi connectivity index (χ1) is 6.58. The zero-order valence-corrected chi connectivity index (χ0v) is 10.6. The van der Waals surface area contributed by atoms with Crippen molar-refractivity contribution in [3.63, 3.8) is 0 Å². The first-order valence-corrected chi connectivity index (χ1v) is 4.56. The number of nitrogens with zero attached hydrogens (tertiary/aromatic N) is 2. The fourth-order valence-electron chi connectivity index (χ4n) is 0.805. The van der Waals surface area contributed by atoms with Crippen molar-refractivity contribution in [2.45, 2.75) is 0 Å². The van der Waals surface area contributed by atoms with Crippen molar-refractivity contribution in [2.75, 3.05) is 0 Å². The molecule has 0 saturated carbocycles. The molecule has 1 aromatic carbocycles. The van der Waals surface area contributed by atoms with E-state index >= 15 is 0 Å². The largest absolute Gasteiger partial charge is 0.412 e. The molecule has 6 nitrogen and oxygen atoms in total. The average Bonchev–Trinajstić information content (AvgIpc) is 2.07. The highest BCUT2D eigenvalue weighted by Crippen LogP contribution is 2.16. The van der Waals surface area contributed by atoms with Crippen LogP contribution in [-0.4, -0.2) is 17.4 Å². The molecular formula is C8H13BrClN5O. The van der Waals surface area contributed by atoms with Gasteiger partial charge in [0, 0.05) is 4.47 Å². The molecule has 0 saturated heterocycles. The van der Waals surface area contributed by atoms with Crippen LogP contribution in [0.25, 0.3) is 0 Å². The minimum absolute atomic E-state index is 0. The van der Waals surface area contributed by atoms with E-state index in [0.717, 1.165) is 4.47 Å². The molecule has 16 heavy (non-hydrogen) atoms. The molecule has 0 aromatic heterocycles. The van der Waals surface area contributed by atoms with E-state index in [1.807, 2.05) is 12.1 Å².